The summed E-state index contributed by atoms with van der Waals surface area (Å²) >= 11 is 0. The SMILES string of the molecule is COCCNc1cc(C(=O)O)cc(C(F)(F)F)n1. The lowest BCUT2D eigenvalue weighted by Gasteiger charge is -2.10. The molecule has 100 valence electrons. The number of methoxy groups -OCH3 is 1. The Morgan fingerprint density at radius 1 is 1.50 bits per heavy atom. The number of anilines is 1. The van der Waals surface area contributed by atoms with Crippen LogP contribution in [0.1, 0.15) is 16.1 Å². The lowest BCUT2D eigenvalue weighted by Crippen LogP contribution is -2.15. The van der Waals surface area contributed by atoms with Crippen molar-refractivity contribution < 1.29 is 27.8 Å². The summed E-state index contributed by atoms with van der Waals surface area (Å²) in [6, 6.07) is 1.52. The molecule has 1 aromatic heterocycles. The number of carboxylic acids is 1. The summed E-state index contributed by atoms with van der Waals surface area (Å²) in [5.74, 6) is -1.60. The van der Waals surface area contributed by atoms with Crippen molar-refractivity contribution >= 4 is 11.8 Å². The van der Waals surface area contributed by atoms with Gasteiger partial charge < -0.3 is 15.2 Å². The van der Waals surface area contributed by atoms with Crippen LogP contribution in [0.25, 0.3) is 0 Å². The fourth-order valence-corrected chi connectivity index (χ4v) is 1.17. The molecule has 0 aromatic carbocycles. The van der Waals surface area contributed by atoms with Crippen LogP contribution in [0, 0.1) is 0 Å². The van der Waals surface area contributed by atoms with E-state index in [2.05, 4.69) is 10.3 Å². The van der Waals surface area contributed by atoms with Gasteiger partial charge in [0.2, 0.25) is 0 Å². The van der Waals surface area contributed by atoms with Crippen molar-refractivity contribution in [3.05, 3.63) is 23.4 Å². The molecule has 1 heterocycles. The first-order valence-electron chi connectivity index (χ1n) is 4.90. The number of halogens is 3. The van der Waals surface area contributed by atoms with Gasteiger partial charge in [-0.3, -0.25) is 0 Å². The Kier molecular flexibility index (Phi) is 4.49. The van der Waals surface area contributed by atoms with Crippen LogP contribution in [-0.2, 0) is 10.9 Å². The van der Waals surface area contributed by atoms with Gasteiger partial charge in [0.15, 0.2) is 0 Å². The average molecular weight is 264 g/mol. The number of carbonyl (C=O) groups is 1. The minimum absolute atomic E-state index is 0.153. The standard InChI is InChI=1S/C10H11F3N2O3/c1-18-3-2-14-8-5-6(9(16)17)4-7(15-8)10(11,12)13/h4-5H,2-3H2,1H3,(H,14,15)(H,16,17). The number of pyridine rings is 1. The van der Waals surface area contributed by atoms with Crippen molar-refractivity contribution in [3.63, 3.8) is 0 Å². The number of nitrogens with one attached hydrogen (secondary N) is 1. The Labute approximate surface area is 101 Å². The molecule has 0 fully saturated rings. The van der Waals surface area contributed by atoms with E-state index in [1.54, 1.807) is 0 Å². The highest BCUT2D eigenvalue weighted by Crippen LogP contribution is 2.29. The van der Waals surface area contributed by atoms with Crippen molar-refractivity contribution in [3.8, 4) is 0 Å². The molecule has 1 rings (SSSR count). The second kappa shape index (κ2) is 5.67. The maximum Gasteiger partial charge on any atom is 0.433 e. The lowest BCUT2D eigenvalue weighted by molar-refractivity contribution is -0.141. The Bertz CT molecular complexity index is 435. The van der Waals surface area contributed by atoms with Crippen molar-refractivity contribution in [2.75, 3.05) is 25.6 Å². The van der Waals surface area contributed by atoms with Crippen LogP contribution >= 0.6 is 0 Å². The summed E-state index contributed by atoms with van der Waals surface area (Å²) < 4.78 is 42.2. The number of carboxylic acid groups (broad SMARTS) is 1. The molecule has 0 bridgehead atoms. The topological polar surface area (TPSA) is 71.5 Å². The Balaban J connectivity index is 3.03. The summed E-state index contributed by atoms with van der Waals surface area (Å²) in [4.78, 5) is 14.0. The van der Waals surface area contributed by atoms with Gasteiger partial charge in [-0.25, -0.2) is 9.78 Å². The number of ether oxygens (including phenoxy) is 1. The summed E-state index contributed by atoms with van der Waals surface area (Å²) in [7, 11) is 1.43. The van der Waals surface area contributed by atoms with Crippen LogP contribution in [-0.4, -0.2) is 36.3 Å². The highest BCUT2D eigenvalue weighted by Gasteiger charge is 2.33. The molecular formula is C10H11F3N2O3. The number of rotatable bonds is 5. The highest BCUT2D eigenvalue weighted by molar-refractivity contribution is 5.88. The van der Waals surface area contributed by atoms with Crippen LogP contribution in [0.3, 0.4) is 0 Å². The molecule has 1 aromatic rings. The molecule has 0 saturated carbocycles. The zero-order valence-electron chi connectivity index (χ0n) is 9.41. The molecule has 0 saturated heterocycles. The van der Waals surface area contributed by atoms with E-state index in [1.807, 2.05) is 0 Å². The first-order valence-corrected chi connectivity index (χ1v) is 4.90. The Morgan fingerprint density at radius 3 is 2.67 bits per heavy atom. The molecule has 5 nitrogen and oxygen atoms in total. The van der Waals surface area contributed by atoms with Crippen LogP contribution in [0.4, 0.5) is 19.0 Å². The lowest BCUT2D eigenvalue weighted by atomic mass is 10.2. The molecule has 0 amide bonds. The predicted octanol–water partition coefficient (Wildman–Crippen LogP) is 1.86. The van der Waals surface area contributed by atoms with E-state index in [0.717, 1.165) is 6.07 Å². The predicted molar refractivity (Wildman–Crippen MR) is 56.6 cm³/mol. The number of aromatic carboxylic acids is 1. The van der Waals surface area contributed by atoms with Gasteiger partial charge in [-0.15, -0.1) is 0 Å². The molecule has 0 radical (unpaired) electrons. The third kappa shape index (κ3) is 3.88. The molecule has 18 heavy (non-hydrogen) atoms. The summed E-state index contributed by atoms with van der Waals surface area (Å²) in [6.45, 7) is 0.490. The van der Waals surface area contributed by atoms with Crippen molar-refractivity contribution in [1.29, 1.82) is 0 Å². The van der Waals surface area contributed by atoms with Gasteiger partial charge in [0.25, 0.3) is 0 Å². The largest absolute Gasteiger partial charge is 0.478 e. The fraction of sp³-hybridized carbons (Fsp3) is 0.400. The second-order valence-electron chi connectivity index (χ2n) is 3.35. The van der Waals surface area contributed by atoms with Gasteiger partial charge in [0, 0.05) is 13.7 Å². The van der Waals surface area contributed by atoms with Gasteiger partial charge in [0.05, 0.1) is 12.2 Å². The third-order valence-corrected chi connectivity index (χ3v) is 1.98. The van der Waals surface area contributed by atoms with E-state index in [9.17, 15) is 18.0 Å². The molecule has 0 unspecified atom stereocenters. The average Bonchev–Trinajstić information content (AvgIpc) is 2.28. The van der Waals surface area contributed by atoms with E-state index in [4.69, 9.17) is 9.84 Å². The van der Waals surface area contributed by atoms with Crippen molar-refractivity contribution in [2.24, 2.45) is 0 Å². The van der Waals surface area contributed by atoms with Gasteiger partial charge in [0.1, 0.15) is 11.5 Å². The molecule has 0 aliphatic heterocycles. The third-order valence-electron chi connectivity index (χ3n) is 1.98. The zero-order valence-corrected chi connectivity index (χ0v) is 9.41. The van der Waals surface area contributed by atoms with Gasteiger partial charge in [-0.05, 0) is 12.1 Å². The minimum atomic E-state index is -4.69. The number of nitrogens with zero attached hydrogens (tertiary/aromatic N) is 1. The second-order valence-corrected chi connectivity index (χ2v) is 3.35. The highest BCUT2D eigenvalue weighted by atomic mass is 19.4. The molecule has 0 spiro atoms. The summed E-state index contributed by atoms with van der Waals surface area (Å²) in [5.41, 5.74) is -1.72. The Hall–Kier alpha value is -1.83. The molecule has 0 atom stereocenters. The Morgan fingerprint density at radius 2 is 2.17 bits per heavy atom. The van der Waals surface area contributed by atoms with Gasteiger partial charge >= 0.3 is 12.1 Å². The van der Waals surface area contributed by atoms with Crippen molar-refractivity contribution in [2.45, 2.75) is 6.18 Å². The normalized spacial score (nSPS) is 11.3. The summed E-state index contributed by atoms with van der Waals surface area (Å²) in [6.07, 6.45) is -4.69. The van der Waals surface area contributed by atoms with Crippen LogP contribution in [0.5, 0.6) is 0 Å². The fourth-order valence-electron chi connectivity index (χ4n) is 1.17. The number of hydrogen-bond donors (Lipinski definition) is 2. The molecular weight excluding hydrogens is 253 g/mol. The summed E-state index contributed by atoms with van der Waals surface area (Å²) in [5, 5.41) is 11.3. The van der Waals surface area contributed by atoms with Gasteiger partial charge in [-0.2, -0.15) is 13.2 Å². The van der Waals surface area contributed by atoms with E-state index in [1.165, 1.54) is 7.11 Å². The first-order chi connectivity index (χ1) is 8.34. The smallest absolute Gasteiger partial charge is 0.433 e. The molecule has 0 aliphatic carbocycles. The van der Waals surface area contributed by atoms with E-state index in [0.29, 0.717) is 6.07 Å². The van der Waals surface area contributed by atoms with E-state index < -0.39 is 23.4 Å². The number of alkyl halides is 3. The van der Waals surface area contributed by atoms with Crippen LogP contribution in [0.2, 0.25) is 0 Å². The van der Waals surface area contributed by atoms with E-state index in [-0.39, 0.29) is 19.0 Å². The monoisotopic (exact) mass is 264 g/mol. The first kappa shape index (κ1) is 14.2. The van der Waals surface area contributed by atoms with Crippen LogP contribution < -0.4 is 5.32 Å². The molecule has 8 heteroatoms. The number of aromatic nitrogens is 1. The maximum absolute atomic E-state index is 12.5. The molecule has 0 aliphatic rings. The molecule has 2 N–H and O–H groups in total. The minimum Gasteiger partial charge on any atom is -0.478 e. The number of hydrogen-bond acceptors (Lipinski definition) is 4. The van der Waals surface area contributed by atoms with Crippen molar-refractivity contribution in [1.82, 2.24) is 4.98 Å². The van der Waals surface area contributed by atoms with Crippen LogP contribution in [0.15, 0.2) is 12.1 Å². The van der Waals surface area contributed by atoms with Gasteiger partial charge in [-0.1, -0.05) is 0 Å². The maximum atomic E-state index is 12.5. The zero-order chi connectivity index (χ0) is 13.8. The quantitative estimate of drug-likeness (QED) is 0.794. The van der Waals surface area contributed by atoms with E-state index >= 15 is 0 Å².